The fourth-order valence-corrected chi connectivity index (χ4v) is 2.10. The third-order valence-corrected chi connectivity index (χ3v) is 3.36. The first-order valence-corrected chi connectivity index (χ1v) is 7.54. The molecule has 0 heterocycles. The van der Waals surface area contributed by atoms with Crippen molar-refractivity contribution in [3.8, 4) is 11.5 Å². The first kappa shape index (κ1) is 17.3. The monoisotopic (exact) mass is 324 g/mol. The molecule has 0 bridgehead atoms. The average molecular weight is 324 g/mol. The standard InChI is InChI=1S/C19H20N2O3/c1-3-7-15-9-6-10-16(19(15)23)12-20-21-18(22)13-24-17-11-5-4-8-14(17)2/h3-6,8-12,23H,1,7,13H2,2H3,(H,21,22). The van der Waals surface area contributed by atoms with Crippen molar-refractivity contribution in [1.29, 1.82) is 0 Å². The Morgan fingerprint density at radius 2 is 2.08 bits per heavy atom. The van der Waals surface area contributed by atoms with Gasteiger partial charge in [0.15, 0.2) is 6.61 Å². The molecule has 0 atom stereocenters. The summed E-state index contributed by atoms with van der Waals surface area (Å²) in [5.41, 5.74) is 4.61. The zero-order chi connectivity index (χ0) is 17.4. The van der Waals surface area contributed by atoms with Crippen LogP contribution in [0, 0.1) is 6.92 Å². The van der Waals surface area contributed by atoms with E-state index in [1.165, 1.54) is 6.21 Å². The zero-order valence-corrected chi connectivity index (χ0v) is 13.5. The maximum atomic E-state index is 11.7. The summed E-state index contributed by atoms with van der Waals surface area (Å²) in [6.07, 6.45) is 3.67. The first-order valence-electron chi connectivity index (χ1n) is 7.54. The predicted molar refractivity (Wildman–Crippen MR) is 94.4 cm³/mol. The van der Waals surface area contributed by atoms with E-state index >= 15 is 0 Å². The molecule has 2 aromatic rings. The lowest BCUT2D eigenvalue weighted by Gasteiger charge is -2.07. The second kappa shape index (κ2) is 8.53. The Hall–Kier alpha value is -3.08. The van der Waals surface area contributed by atoms with Crippen LogP contribution in [0.2, 0.25) is 0 Å². The van der Waals surface area contributed by atoms with Crippen LogP contribution in [0.4, 0.5) is 0 Å². The van der Waals surface area contributed by atoms with E-state index in [0.29, 0.717) is 17.7 Å². The van der Waals surface area contributed by atoms with Crippen LogP contribution >= 0.6 is 0 Å². The lowest BCUT2D eigenvalue weighted by molar-refractivity contribution is -0.123. The van der Waals surface area contributed by atoms with E-state index in [1.807, 2.05) is 37.3 Å². The smallest absolute Gasteiger partial charge is 0.277 e. The number of ether oxygens (including phenoxy) is 1. The molecule has 0 aliphatic rings. The summed E-state index contributed by atoms with van der Waals surface area (Å²) in [6.45, 7) is 5.42. The molecule has 0 aliphatic carbocycles. The molecular formula is C19H20N2O3. The van der Waals surface area contributed by atoms with Crippen LogP contribution in [0.3, 0.4) is 0 Å². The van der Waals surface area contributed by atoms with Gasteiger partial charge in [-0.05, 0) is 36.6 Å². The topological polar surface area (TPSA) is 70.9 Å². The number of hydrogen-bond acceptors (Lipinski definition) is 4. The number of nitrogens with zero attached hydrogens (tertiary/aromatic N) is 1. The minimum Gasteiger partial charge on any atom is -0.507 e. The molecule has 0 aromatic heterocycles. The second-order valence-corrected chi connectivity index (χ2v) is 5.20. The quantitative estimate of drug-likeness (QED) is 0.467. The largest absolute Gasteiger partial charge is 0.507 e. The number of hydrazone groups is 1. The number of nitrogens with one attached hydrogen (secondary N) is 1. The van der Waals surface area contributed by atoms with Gasteiger partial charge in [0, 0.05) is 5.56 Å². The molecular weight excluding hydrogens is 304 g/mol. The van der Waals surface area contributed by atoms with Crippen molar-refractivity contribution in [3.05, 3.63) is 71.8 Å². The molecule has 0 radical (unpaired) electrons. The van der Waals surface area contributed by atoms with Crippen molar-refractivity contribution in [3.63, 3.8) is 0 Å². The molecule has 24 heavy (non-hydrogen) atoms. The van der Waals surface area contributed by atoms with Crippen LogP contribution in [0.5, 0.6) is 11.5 Å². The second-order valence-electron chi connectivity index (χ2n) is 5.20. The van der Waals surface area contributed by atoms with E-state index in [1.54, 1.807) is 18.2 Å². The third kappa shape index (κ3) is 4.71. The molecule has 0 unspecified atom stereocenters. The molecule has 1 amide bonds. The van der Waals surface area contributed by atoms with E-state index in [4.69, 9.17) is 4.74 Å². The van der Waals surface area contributed by atoms with Crippen LogP contribution < -0.4 is 10.2 Å². The highest BCUT2D eigenvalue weighted by Gasteiger charge is 2.05. The van der Waals surface area contributed by atoms with Gasteiger partial charge in [0.05, 0.1) is 6.21 Å². The number of benzene rings is 2. The van der Waals surface area contributed by atoms with Gasteiger partial charge in [-0.25, -0.2) is 5.43 Å². The van der Waals surface area contributed by atoms with Gasteiger partial charge in [0.25, 0.3) is 5.91 Å². The van der Waals surface area contributed by atoms with E-state index in [-0.39, 0.29) is 18.3 Å². The van der Waals surface area contributed by atoms with Gasteiger partial charge in [-0.1, -0.05) is 36.4 Å². The number of allylic oxidation sites excluding steroid dienone is 1. The number of aryl methyl sites for hydroxylation is 1. The van der Waals surface area contributed by atoms with Crippen LogP contribution in [0.1, 0.15) is 16.7 Å². The number of phenolic OH excluding ortho intramolecular Hbond substituents is 1. The summed E-state index contributed by atoms with van der Waals surface area (Å²) < 4.78 is 5.43. The Morgan fingerprint density at radius 3 is 2.83 bits per heavy atom. The number of hydrogen-bond donors (Lipinski definition) is 2. The van der Waals surface area contributed by atoms with Crippen molar-refractivity contribution in [2.45, 2.75) is 13.3 Å². The van der Waals surface area contributed by atoms with Gasteiger partial charge in [-0.2, -0.15) is 5.10 Å². The van der Waals surface area contributed by atoms with Crippen LogP contribution in [0.25, 0.3) is 0 Å². The van der Waals surface area contributed by atoms with E-state index in [2.05, 4.69) is 17.1 Å². The number of amides is 1. The van der Waals surface area contributed by atoms with Crippen LogP contribution in [0.15, 0.2) is 60.2 Å². The van der Waals surface area contributed by atoms with Gasteiger partial charge in [0.2, 0.25) is 0 Å². The fourth-order valence-electron chi connectivity index (χ4n) is 2.10. The summed E-state index contributed by atoms with van der Waals surface area (Å²) in [7, 11) is 0. The van der Waals surface area contributed by atoms with E-state index in [9.17, 15) is 9.90 Å². The average Bonchev–Trinajstić information content (AvgIpc) is 2.57. The Balaban J connectivity index is 1.90. The van der Waals surface area contributed by atoms with Gasteiger partial charge >= 0.3 is 0 Å². The molecule has 0 spiro atoms. The molecule has 2 N–H and O–H groups in total. The number of rotatable bonds is 7. The first-order chi connectivity index (χ1) is 11.6. The van der Waals surface area contributed by atoms with Crippen molar-refractivity contribution < 1.29 is 14.6 Å². The molecule has 0 saturated heterocycles. The number of carbonyl (C=O) groups excluding carboxylic acids is 1. The van der Waals surface area contributed by atoms with Gasteiger partial charge in [0.1, 0.15) is 11.5 Å². The van der Waals surface area contributed by atoms with Gasteiger partial charge in [-0.15, -0.1) is 6.58 Å². The van der Waals surface area contributed by atoms with Crippen molar-refractivity contribution in [2.75, 3.05) is 6.61 Å². The Bertz CT molecular complexity index is 754. The maximum Gasteiger partial charge on any atom is 0.277 e. The minimum absolute atomic E-state index is 0.131. The number of phenols is 1. The summed E-state index contributed by atoms with van der Waals surface area (Å²) >= 11 is 0. The molecule has 2 aromatic carbocycles. The SMILES string of the molecule is C=CCc1cccc(C=NNC(=O)COc2ccccc2C)c1O. The van der Waals surface area contributed by atoms with Crippen molar-refractivity contribution in [1.82, 2.24) is 5.43 Å². The Kier molecular flexibility index (Phi) is 6.14. The van der Waals surface area contributed by atoms with Crippen LogP contribution in [-0.4, -0.2) is 23.8 Å². The molecule has 0 saturated carbocycles. The third-order valence-electron chi connectivity index (χ3n) is 3.36. The van der Waals surface area contributed by atoms with Gasteiger partial charge in [-0.3, -0.25) is 4.79 Å². The number of aromatic hydroxyl groups is 1. The maximum absolute atomic E-state index is 11.7. The Labute approximate surface area is 141 Å². The summed E-state index contributed by atoms with van der Waals surface area (Å²) in [6, 6.07) is 12.8. The van der Waals surface area contributed by atoms with E-state index in [0.717, 1.165) is 11.1 Å². The number of carbonyl (C=O) groups is 1. The predicted octanol–water partition coefficient (Wildman–Crippen LogP) is 2.96. The summed E-state index contributed by atoms with van der Waals surface area (Å²) in [4.78, 5) is 11.7. The summed E-state index contributed by atoms with van der Waals surface area (Å²) in [5.74, 6) is 0.411. The highest BCUT2D eigenvalue weighted by Crippen LogP contribution is 2.21. The molecule has 2 rings (SSSR count). The highest BCUT2D eigenvalue weighted by atomic mass is 16.5. The number of para-hydroxylation sites is 2. The van der Waals surface area contributed by atoms with Gasteiger partial charge < -0.3 is 9.84 Å². The Morgan fingerprint density at radius 1 is 1.29 bits per heavy atom. The minimum atomic E-state index is -0.378. The van der Waals surface area contributed by atoms with Crippen LogP contribution in [-0.2, 0) is 11.2 Å². The lowest BCUT2D eigenvalue weighted by atomic mass is 10.1. The summed E-state index contributed by atoms with van der Waals surface area (Å²) in [5, 5.41) is 13.9. The molecule has 0 aliphatic heterocycles. The highest BCUT2D eigenvalue weighted by molar-refractivity contribution is 5.86. The molecule has 5 heteroatoms. The fraction of sp³-hybridized carbons (Fsp3) is 0.158. The van der Waals surface area contributed by atoms with Crippen molar-refractivity contribution in [2.24, 2.45) is 5.10 Å². The van der Waals surface area contributed by atoms with E-state index < -0.39 is 0 Å². The zero-order valence-electron chi connectivity index (χ0n) is 13.5. The van der Waals surface area contributed by atoms with Crippen molar-refractivity contribution >= 4 is 12.1 Å². The molecule has 124 valence electrons. The molecule has 5 nitrogen and oxygen atoms in total. The molecule has 0 fully saturated rings. The normalized spacial score (nSPS) is 10.5. The lowest BCUT2D eigenvalue weighted by Crippen LogP contribution is -2.24.